The second kappa shape index (κ2) is 6.82. The number of carbonyl (C=O) groups excluding carboxylic acids is 2. The number of tetrazole rings is 1. The summed E-state index contributed by atoms with van der Waals surface area (Å²) in [5.74, 6) is 0.0772. The molecule has 1 aliphatic rings. The van der Waals surface area contributed by atoms with Crippen LogP contribution in [0.15, 0.2) is 0 Å². The van der Waals surface area contributed by atoms with Gasteiger partial charge in [0.15, 0.2) is 5.82 Å². The van der Waals surface area contributed by atoms with Gasteiger partial charge in [-0.3, -0.25) is 9.59 Å². The number of aromatic nitrogens is 4. The van der Waals surface area contributed by atoms with E-state index < -0.39 is 5.41 Å². The zero-order valence-electron chi connectivity index (χ0n) is 13.1. The molecule has 2 heterocycles. The van der Waals surface area contributed by atoms with E-state index in [0.29, 0.717) is 38.4 Å². The minimum Gasteiger partial charge on any atom is -0.469 e. The van der Waals surface area contributed by atoms with Crippen molar-refractivity contribution in [2.45, 2.75) is 26.3 Å². The Balaban J connectivity index is 2.02. The third kappa shape index (κ3) is 3.41. The van der Waals surface area contributed by atoms with Crippen LogP contribution in [0.4, 0.5) is 0 Å². The number of amides is 1. The van der Waals surface area contributed by atoms with Crippen molar-refractivity contribution in [2.75, 3.05) is 33.9 Å². The van der Waals surface area contributed by atoms with Crippen LogP contribution in [0.2, 0.25) is 0 Å². The van der Waals surface area contributed by atoms with Crippen LogP contribution in [0.5, 0.6) is 0 Å². The van der Waals surface area contributed by atoms with Gasteiger partial charge >= 0.3 is 5.97 Å². The van der Waals surface area contributed by atoms with E-state index in [-0.39, 0.29) is 18.4 Å². The highest BCUT2D eigenvalue weighted by Gasteiger charge is 2.46. The van der Waals surface area contributed by atoms with Gasteiger partial charge in [-0.05, 0) is 25.0 Å². The summed E-state index contributed by atoms with van der Waals surface area (Å²) >= 11 is 0. The number of likely N-dealkylation sites (tertiary alicyclic amines) is 1. The Labute approximate surface area is 128 Å². The highest BCUT2D eigenvalue weighted by Crippen LogP contribution is 2.35. The summed E-state index contributed by atoms with van der Waals surface area (Å²) in [5.41, 5.74) is -0.688. The van der Waals surface area contributed by atoms with Gasteiger partial charge in [-0.1, -0.05) is 0 Å². The van der Waals surface area contributed by atoms with E-state index in [2.05, 4.69) is 15.4 Å². The van der Waals surface area contributed by atoms with Crippen LogP contribution < -0.4 is 0 Å². The third-order valence-corrected chi connectivity index (χ3v) is 3.94. The summed E-state index contributed by atoms with van der Waals surface area (Å²) in [6.45, 7) is 3.00. The molecule has 0 spiro atoms. The van der Waals surface area contributed by atoms with E-state index in [0.717, 1.165) is 0 Å². The van der Waals surface area contributed by atoms with Crippen LogP contribution in [0, 0.1) is 12.3 Å². The molecular weight excluding hydrogens is 290 g/mol. The Kier molecular flexibility index (Phi) is 5.07. The number of rotatable bonds is 6. The summed E-state index contributed by atoms with van der Waals surface area (Å²) in [6, 6.07) is 0. The Hall–Kier alpha value is -2.03. The van der Waals surface area contributed by atoms with Gasteiger partial charge in [0.25, 0.3) is 0 Å². The standard InChI is InChI=1S/C13H21N5O4/c1-10-14-16-18(15-10)8-11(19)17-6-4-13(9-17,5-7-21-2)12(20)22-3/h4-9H2,1-3H3. The van der Waals surface area contributed by atoms with E-state index in [1.165, 1.54) is 11.9 Å². The summed E-state index contributed by atoms with van der Waals surface area (Å²) < 4.78 is 9.99. The fourth-order valence-electron chi connectivity index (χ4n) is 2.68. The van der Waals surface area contributed by atoms with Crippen molar-refractivity contribution in [3.8, 4) is 0 Å². The van der Waals surface area contributed by atoms with Crippen molar-refractivity contribution in [3.63, 3.8) is 0 Å². The van der Waals surface area contributed by atoms with E-state index in [1.54, 1.807) is 18.9 Å². The molecule has 0 bridgehead atoms. The lowest BCUT2D eigenvalue weighted by atomic mass is 9.84. The van der Waals surface area contributed by atoms with Crippen molar-refractivity contribution >= 4 is 11.9 Å². The predicted molar refractivity (Wildman–Crippen MR) is 74.7 cm³/mol. The molecular formula is C13H21N5O4. The van der Waals surface area contributed by atoms with Gasteiger partial charge in [0.05, 0.1) is 12.5 Å². The molecule has 1 atom stereocenters. The Morgan fingerprint density at radius 3 is 2.73 bits per heavy atom. The van der Waals surface area contributed by atoms with Crippen molar-refractivity contribution in [3.05, 3.63) is 5.82 Å². The highest BCUT2D eigenvalue weighted by molar-refractivity contribution is 5.81. The van der Waals surface area contributed by atoms with Gasteiger partial charge in [0.1, 0.15) is 6.54 Å². The van der Waals surface area contributed by atoms with Crippen molar-refractivity contribution < 1.29 is 19.1 Å². The molecule has 1 fully saturated rings. The van der Waals surface area contributed by atoms with Crippen molar-refractivity contribution in [2.24, 2.45) is 5.41 Å². The molecule has 1 unspecified atom stereocenters. The Morgan fingerprint density at radius 1 is 1.36 bits per heavy atom. The second-order valence-electron chi connectivity index (χ2n) is 5.45. The number of nitrogens with zero attached hydrogens (tertiary/aromatic N) is 5. The lowest BCUT2D eigenvalue weighted by Crippen LogP contribution is -2.39. The number of hydrogen-bond acceptors (Lipinski definition) is 7. The highest BCUT2D eigenvalue weighted by atomic mass is 16.5. The summed E-state index contributed by atoms with van der Waals surface area (Å²) in [5, 5.41) is 11.5. The maximum atomic E-state index is 12.3. The van der Waals surface area contributed by atoms with Crippen LogP contribution >= 0.6 is 0 Å². The van der Waals surface area contributed by atoms with E-state index >= 15 is 0 Å². The Morgan fingerprint density at radius 2 is 2.14 bits per heavy atom. The molecule has 1 aromatic heterocycles. The van der Waals surface area contributed by atoms with Crippen LogP contribution in [0.1, 0.15) is 18.7 Å². The zero-order chi connectivity index (χ0) is 16.2. The quantitative estimate of drug-likeness (QED) is 0.647. The molecule has 1 aromatic rings. The first kappa shape index (κ1) is 16.3. The summed E-state index contributed by atoms with van der Waals surface area (Å²) in [6.07, 6.45) is 1.10. The molecule has 1 saturated heterocycles. The fraction of sp³-hybridized carbons (Fsp3) is 0.769. The molecule has 22 heavy (non-hydrogen) atoms. The second-order valence-corrected chi connectivity index (χ2v) is 5.45. The fourth-order valence-corrected chi connectivity index (χ4v) is 2.68. The van der Waals surface area contributed by atoms with Crippen LogP contribution in [0.25, 0.3) is 0 Å². The predicted octanol–water partition coefficient (Wildman–Crippen LogP) is -0.590. The van der Waals surface area contributed by atoms with Crippen LogP contribution in [-0.2, 0) is 25.6 Å². The number of ether oxygens (including phenoxy) is 2. The molecule has 0 N–H and O–H groups in total. The molecule has 9 heteroatoms. The smallest absolute Gasteiger partial charge is 0.313 e. The number of aryl methyl sites for hydroxylation is 1. The van der Waals surface area contributed by atoms with E-state index in [1.807, 2.05) is 0 Å². The van der Waals surface area contributed by atoms with Gasteiger partial charge in [0, 0.05) is 26.8 Å². The maximum absolute atomic E-state index is 12.3. The maximum Gasteiger partial charge on any atom is 0.313 e. The zero-order valence-corrected chi connectivity index (χ0v) is 13.1. The Bertz CT molecular complexity index is 546. The van der Waals surface area contributed by atoms with E-state index in [4.69, 9.17) is 9.47 Å². The molecule has 0 aromatic carbocycles. The number of carbonyl (C=O) groups is 2. The van der Waals surface area contributed by atoms with Gasteiger partial charge < -0.3 is 14.4 Å². The minimum atomic E-state index is -0.688. The lowest BCUT2D eigenvalue weighted by Gasteiger charge is -2.26. The molecule has 0 saturated carbocycles. The third-order valence-electron chi connectivity index (χ3n) is 3.94. The van der Waals surface area contributed by atoms with Crippen molar-refractivity contribution in [1.29, 1.82) is 0 Å². The normalized spacial score (nSPS) is 21.1. The molecule has 1 amide bonds. The van der Waals surface area contributed by atoms with Gasteiger partial charge in [-0.25, -0.2) is 0 Å². The molecule has 0 radical (unpaired) electrons. The first-order valence-electron chi connectivity index (χ1n) is 7.10. The molecule has 122 valence electrons. The lowest BCUT2D eigenvalue weighted by molar-refractivity contribution is -0.153. The molecule has 1 aliphatic heterocycles. The first-order chi connectivity index (χ1) is 10.5. The first-order valence-corrected chi connectivity index (χ1v) is 7.10. The van der Waals surface area contributed by atoms with Crippen molar-refractivity contribution in [1.82, 2.24) is 25.1 Å². The monoisotopic (exact) mass is 311 g/mol. The van der Waals surface area contributed by atoms with E-state index in [9.17, 15) is 9.59 Å². The summed E-state index contributed by atoms with van der Waals surface area (Å²) in [7, 11) is 2.95. The average molecular weight is 311 g/mol. The van der Waals surface area contributed by atoms with Crippen LogP contribution in [-0.4, -0.2) is 70.9 Å². The largest absolute Gasteiger partial charge is 0.469 e. The molecule has 2 rings (SSSR count). The minimum absolute atomic E-state index is 0.0162. The average Bonchev–Trinajstić information content (AvgIpc) is 3.12. The number of methoxy groups -OCH3 is 2. The topological polar surface area (TPSA) is 99.4 Å². The summed E-state index contributed by atoms with van der Waals surface area (Å²) in [4.78, 5) is 27.3. The number of hydrogen-bond donors (Lipinski definition) is 0. The SMILES string of the molecule is COCCC1(C(=O)OC)CCN(C(=O)Cn2nnc(C)n2)C1. The van der Waals surface area contributed by atoms with Gasteiger partial charge in [-0.15, -0.1) is 10.2 Å². The van der Waals surface area contributed by atoms with Gasteiger partial charge in [-0.2, -0.15) is 4.80 Å². The number of esters is 1. The molecule has 9 nitrogen and oxygen atoms in total. The molecule has 0 aliphatic carbocycles. The van der Waals surface area contributed by atoms with Crippen LogP contribution in [0.3, 0.4) is 0 Å². The van der Waals surface area contributed by atoms with Gasteiger partial charge in [0.2, 0.25) is 5.91 Å².